The first-order valence-corrected chi connectivity index (χ1v) is 8.85. The number of aryl methyl sites for hydroxylation is 1. The van der Waals surface area contributed by atoms with E-state index in [4.69, 9.17) is 11.6 Å². The molecule has 3 rings (SSSR count). The van der Waals surface area contributed by atoms with Crippen LogP contribution in [0.1, 0.15) is 27.8 Å². The molecule has 2 aromatic carbocycles. The van der Waals surface area contributed by atoms with Crippen LogP contribution >= 0.6 is 11.6 Å². The molecule has 0 saturated heterocycles. The molecular weight excluding hydrogens is 400 g/mol. The summed E-state index contributed by atoms with van der Waals surface area (Å²) in [5, 5.41) is 27.9. The third-order valence-corrected chi connectivity index (χ3v) is 4.35. The van der Waals surface area contributed by atoms with Crippen molar-refractivity contribution in [2.45, 2.75) is 13.5 Å². The third-order valence-electron chi connectivity index (χ3n) is 4.11. The van der Waals surface area contributed by atoms with E-state index >= 15 is 0 Å². The highest BCUT2D eigenvalue weighted by atomic mass is 35.5. The zero-order valence-corrected chi connectivity index (χ0v) is 15.9. The second-order valence-electron chi connectivity index (χ2n) is 5.97. The van der Waals surface area contributed by atoms with Crippen molar-refractivity contribution in [2.24, 2.45) is 0 Å². The van der Waals surface area contributed by atoms with Crippen LogP contribution in [0.15, 0.2) is 48.5 Å². The average Bonchev–Trinajstić information content (AvgIpc) is 3.06. The van der Waals surface area contributed by atoms with Crippen LogP contribution in [0.25, 0.3) is 11.3 Å². The maximum Gasteiger partial charge on any atom is 0.356 e. The number of halogens is 1. The van der Waals surface area contributed by atoms with Gasteiger partial charge in [-0.3, -0.25) is 19.6 Å². The number of carboxylic acid groups (broad SMARTS) is 1. The lowest BCUT2D eigenvalue weighted by molar-refractivity contribution is -0.384. The van der Waals surface area contributed by atoms with Gasteiger partial charge in [0.2, 0.25) is 0 Å². The highest BCUT2D eigenvalue weighted by Crippen LogP contribution is 2.32. The summed E-state index contributed by atoms with van der Waals surface area (Å²) in [6.45, 7) is 1.97. The van der Waals surface area contributed by atoms with Crippen molar-refractivity contribution < 1.29 is 19.6 Å². The fraction of sp³-hybridized carbons (Fsp3) is 0.105. The van der Waals surface area contributed by atoms with Crippen LogP contribution in [0.5, 0.6) is 0 Å². The van der Waals surface area contributed by atoms with Gasteiger partial charge in [0.25, 0.3) is 11.6 Å². The number of non-ortho nitro benzene ring substituents is 1. The monoisotopic (exact) mass is 414 g/mol. The molecule has 0 atom stereocenters. The van der Waals surface area contributed by atoms with E-state index in [0.29, 0.717) is 10.6 Å². The van der Waals surface area contributed by atoms with Gasteiger partial charge in [-0.15, -0.1) is 0 Å². The van der Waals surface area contributed by atoms with E-state index in [0.717, 1.165) is 6.07 Å². The second-order valence-corrected chi connectivity index (χ2v) is 6.40. The number of nitro groups is 1. The maximum absolute atomic E-state index is 12.7. The number of aromatic carboxylic acids is 1. The van der Waals surface area contributed by atoms with E-state index in [1.165, 1.54) is 22.9 Å². The number of anilines is 1. The molecule has 0 aliphatic rings. The number of hydrogen-bond acceptors (Lipinski definition) is 5. The Balaban J connectivity index is 2.11. The Morgan fingerprint density at radius 1 is 1.24 bits per heavy atom. The highest BCUT2D eigenvalue weighted by molar-refractivity contribution is 6.30. The predicted molar refractivity (Wildman–Crippen MR) is 106 cm³/mol. The molecule has 1 amide bonds. The lowest BCUT2D eigenvalue weighted by atomic mass is 10.1. The molecule has 10 heteroatoms. The summed E-state index contributed by atoms with van der Waals surface area (Å²) in [6, 6.07) is 11.7. The zero-order valence-electron chi connectivity index (χ0n) is 15.1. The molecule has 0 fully saturated rings. The summed E-state index contributed by atoms with van der Waals surface area (Å²) >= 11 is 6.04. The molecule has 0 aliphatic carbocycles. The number of aromatic nitrogens is 2. The highest BCUT2D eigenvalue weighted by Gasteiger charge is 2.26. The third kappa shape index (κ3) is 4.09. The van der Waals surface area contributed by atoms with E-state index in [9.17, 15) is 24.8 Å². The van der Waals surface area contributed by atoms with Crippen LogP contribution in [0.4, 0.5) is 11.4 Å². The number of carboxylic acids is 1. The van der Waals surface area contributed by atoms with Crippen molar-refractivity contribution in [3.05, 3.63) is 74.9 Å². The first-order valence-electron chi connectivity index (χ1n) is 8.47. The number of carbonyl (C=O) groups excluding carboxylic acids is 1. The first kappa shape index (κ1) is 20.0. The maximum atomic E-state index is 12.7. The van der Waals surface area contributed by atoms with Gasteiger partial charge < -0.3 is 10.4 Å². The molecule has 2 N–H and O–H groups in total. The molecule has 0 radical (unpaired) electrons. The van der Waals surface area contributed by atoms with Gasteiger partial charge in [-0.1, -0.05) is 29.8 Å². The van der Waals surface area contributed by atoms with Crippen LogP contribution in [0, 0.1) is 10.1 Å². The largest absolute Gasteiger partial charge is 0.476 e. The van der Waals surface area contributed by atoms with Gasteiger partial charge in [-0.05, 0) is 25.1 Å². The Morgan fingerprint density at radius 2 is 1.97 bits per heavy atom. The zero-order chi connectivity index (χ0) is 21.1. The van der Waals surface area contributed by atoms with Crippen LogP contribution in [0.2, 0.25) is 5.02 Å². The molecule has 29 heavy (non-hydrogen) atoms. The van der Waals surface area contributed by atoms with Gasteiger partial charge in [0, 0.05) is 34.8 Å². The topological polar surface area (TPSA) is 127 Å². The van der Waals surface area contributed by atoms with Gasteiger partial charge in [-0.25, -0.2) is 4.79 Å². The lowest BCUT2D eigenvalue weighted by Gasteiger charge is -2.08. The van der Waals surface area contributed by atoms with E-state index in [-0.39, 0.29) is 34.9 Å². The molecule has 0 aliphatic heterocycles. The number of carbonyl (C=O) groups is 2. The van der Waals surface area contributed by atoms with Crippen LogP contribution in [-0.4, -0.2) is 31.7 Å². The SMILES string of the molecule is CCn1nc(-c2cccc(Cl)c2)c(NC(=O)c2cccc([N+](=O)[O-])c2)c1C(=O)O. The Morgan fingerprint density at radius 3 is 2.59 bits per heavy atom. The molecule has 148 valence electrons. The average molecular weight is 415 g/mol. The van der Waals surface area contributed by atoms with Gasteiger partial charge in [0.1, 0.15) is 11.4 Å². The number of nitro benzene ring substituents is 1. The molecule has 0 bridgehead atoms. The van der Waals surface area contributed by atoms with Crippen molar-refractivity contribution in [1.29, 1.82) is 0 Å². The Hall–Kier alpha value is -3.72. The first-order chi connectivity index (χ1) is 13.8. The molecule has 0 spiro atoms. The van der Waals surface area contributed by atoms with Crippen molar-refractivity contribution in [3.63, 3.8) is 0 Å². The summed E-state index contributed by atoms with van der Waals surface area (Å²) < 4.78 is 1.25. The number of benzene rings is 2. The van der Waals surface area contributed by atoms with Crippen LogP contribution in [-0.2, 0) is 6.54 Å². The molecule has 0 saturated carbocycles. The van der Waals surface area contributed by atoms with Crippen molar-refractivity contribution in [3.8, 4) is 11.3 Å². The fourth-order valence-corrected chi connectivity index (χ4v) is 3.00. The number of amides is 1. The Kier molecular flexibility index (Phi) is 5.60. The summed E-state index contributed by atoms with van der Waals surface area (Å²) in [6.07, 6.45) is 0. The Bertz CT molecular complexity index is 1130. The van der Waals surface area contributed by atoms with Crippen molar-refractivity contribution >= 4 is 34.9 Å². The second kappa shape index (κ2) is 8.11. The van der Waals surface area contributed by atoms with Crippen LogP contribution in [0.3, 0.4) is 0 Å². The van der Waals surface area contributed by atoms with Gasteiger partial charge in [0.15, 0.2) is 5.69 Å². The normalized spacial score (nSPS) is 10.6. The number of rotatable bonds is 6. The molecule has 1 heterocycles. The Labute approximate surface area is 169 Å². The number of nitrogens with zero attached hydrogens (tertiary/aromatic N) is 3. The standard InChI is InChI=1S/C19H15ClN4O5/c1-2-23-17(19(26)27)16(15(22-23)11-5-3-7-13(20)9-11)21-18(25)12-6-4-8-14(10-12)24(28)29/h3-10H,2H2,1H3,(H,21,25)(H,26,27). The number of nitrogens with one attached hydrogen (secondary N) is 1. The van der Waals surface area contributed by atoms with Gasteiger partial charge in [0.05, 0.1) is 4.92 Å². The minimum Gasteiger partial charge on any atom is -0.476 e. The van der Waals surface area contributed by atoms with E-state index in [2.05, 4.69) is 10.4 Å². The minimum atomic E-state index is -1.28. The molecule has 9 nitrogen and oxygen atoms in total. The predicted octanol–water partition coefficient (Wildman–Crippen LogP) is 4.08. The quantitative estimate of drug-likeness (QED) is 0.462. The molecule has 0 unspecified atom stereocenters. The molecular formula is C19H15ClN4O5. The molecule has 3 aromatic rings. The summed E-state index contributed by atoms with van der Waals surface area (Å²) in [5.74, 6) is -1.97. The molecule has 1 aromatic heterocycles. The van der Waals surface area contributed by atoms with Gasteiger partial charge >= 0.3 is 5.97 Å². The summed E-state index contributed by atoms with van der Waals surface area (Å²) in [4.78, 5) is 34.9. The smallest absolute Gasteiger partial charge is 0.356 e. The van der Waals surface area contributed by atoms with Gasteiger partial charge in [-0.2, -0.15) is 5.10 Å². The van der Waals surface area contributed by atoms with E-state index in [1.54, 1.807) is 31.2 Å². The lowest BCUT2D eigenvalue weighted by Crippen LogP contribution is -2.16. The summed E-state index contributed by atoms with van der Waals surface area (Å²) in [5.41, 5.74) is 0.277. The van der Waals surface area contributed by atoms with Crippen molar-refractivity contribution in [1.82, 2.24) is 9.78 Å². The van der Waals surface area contributed by atoms with Crippen molar-refractivity contribution in [2.75, 3.05) is 5.32 Å². The minimum absolute atomic E-state index is 0.0110. The van der Waals surface area contributed by atoms with E-state index in [1.807, 2.05) is 0 Å². The van der Waals surface area contributed by atoms with Crippen LogP contribution < -0.4 is 5.32 Å². The fourth-order valence-electron chi connectivity index (χ4n) is 2.81. The van der Waals surface area contributed by atoms with E-state index < -0.39 is 16.8 Å². The number of hydrogen-bond donors (Lipinski definition) is 2. The summed E-state index contributed by atoms with van der Waals surface area (Å²) in [7, 11) is 0.